The molecule has 1 amide bonds. The smallest absolute Gasteiger partial charge is 0.435 e. The quantitative estimate of drug-likeness (QED) is 0.846. The van der Waals surface area contributed by atoms with Crippen molar-refractivity contribution in [2.45, 2.75) is 12.6 Å². The number of methoxy groups -OCH3 is 1. The van der Waals surface area contributed by atoms with Gasteiger partial charge in [-0.2, -0.15) is 18.3 Å². The Bertz CT molecular complexity index is 724. The van der Waals surface area contributed by atoms with Crippen molar-refractivity contribution in [3.05, 3.63) is 47.8 Å². The second-order valence-corrected chi connectivity index (χ2v) is 4.77. The summed E-state index contributed by atoms with van der Waals surface area (Å²) in [4.78, 5) is 22.8. The maximum atomic E-state index is 12.5. The Hall–Kier alpha value is -2.84. The first kappa shape index (κ1) is 17.5. The van der Waals surface area contributed by atoms with E-state index in [-0.39, 0.29) is 13.0 Å². The molecule has 1 aromatic carbocycles. The lowest BCUT2D eigenvalue weighted by Crippen LogP contribution is -2.26. The molecule has 0 saturated carbocycles. The van der Waals surface area contributed by atoms with E-state index in [4.69, 9.17) is 0 Å². The number of hydrogen-bond donors (Lipinski definition) is 1. The van der Waals surface area contributed by atoms with Crippen LogP contribution in [-0.2, 0) is 15.7 Å². The topological polar surface area (TPSA) is 73.2 Å². The van der Waals surface area contributed by atoms with Crippen molar-refractivity contribution < 1.29 is 27.5 Å². The average molecular weight is 341 g/mol. The van der Waals surface area contributed by atoms with E-state index in [1.807, 2.05) is 0 Å². The van der Waals surface area contributed by atoms with E-state index in [2.05, 4.69) is 15.2 Å². The van der Waals surface area contributed by atoms with Gasteiger partial charge in [-0.25, -0.2) is 4.68 Å². The summed E-state index contributed by atoms with van der Waals surface area (Å²) in [6, 6.07) is 6.73. The zero-order valence-electron chi connectivity index (χ0n) is 12.6. The highest BCUT2D eigenvalue weighted by Crippen LogP contribution is 2.27. The fourth-order valence-corrected chi connectivity index (χ4v) is 1.87. The third-order valence-corrected chi connectivity index (χ3v) is 3.12. The maximum absolute atomic E-state index is 12.5. The molecule has 1 N–H and O–H groups in total. The second kappa shape index (κ2) is 7.16. The number of carbonyl (C=O) groups is 2. The third-order valence-electron chi connectivity index (χ3n) is 3.12. The van der Waals surface area contributed by atoms with Gasteiger partial charge in [-0.1, -0.05) is 0 Å². The summed E-state index contributed by atoms with van der Waals surface area (Å²) < 4.78 is 43.1. The second-order valence-electron chi connectivity index (χ2n) is 4.77. The fraction of sp³-hybridized carbons (Fsp3) is 0.267. The number of nitrogens with zero attached hydrogens (tertiary/aromatic N) is 2. The largest absolute Gasteiger partial charge is 0.469 e. The van der Waals surface area contributed by atoms with Crippen molar-refractivity contribution in [2.75, 3.05) is 13.7 Å². The monoisotopic (exact) mass is 341 g/mol. The Morgan fingerprint density at radius 2 is 1.88 bits per heavy atom. The molecular weight excluding hydrogens is 327 g/mol. The molecule has 0 unspecified atom stereocenters. The molecule has 2 rings (SSSR count). The van der Waals surface area contributed by atoms with E-state index in [0.29, 0.717) is 11.3 Å². The Kier molecular flexibility index (Phi) is 5.22. The lowest BCUT2D eigenvalue weighted by molar-refractivity contribution is -0.141. The van der Waals surface area contributed by atoms with Gasteiger partial charge in [0.1, 0.15) is 0 Å². The molecule has 2 aromatic rings. The lowest BCUT2D eigenvalue weighted by Gasteiger charge is -2.06. The predicted octanol–water partition coefficient (Wildman–Crippen LogP) is 2.18. The van der Waals surface area contributed by atoms with E-state index in [1.165, 1.54) is 37.6 Å². The fourth-order valence-electron chi connectivity index (χ4n) is 1.87. The van der Waals surface area contributed by atoms with Crippen molar-refractivity contribution in [1.82, 2.24) is 15.1 Å². The van der Waals surface area contributed by atoms with Crippen LogP contribution in [0.4, 0.5) is 13.2 Å². The van der Waals surface area contributed by atoms with Crippen molar-refractivity contribution in [3.8, 4) is 5.69 Å². The first-order valence-electron chi connectivity index (χ1n) is 6.89. The number of ether oxygens (including phenoxy) is 1. The molecule has 0 aliphatic rings. The molecule has 0 bridgehead atoms. The van der Waals surface area contributed by atoms with E-state index in [1.54, 1.807) is 0 Å². The van der Waals surface area contributed by atoms with E-state index >= 15 is 0 Å². The number of carbonyl (C=O) groups excluding carboxylic acids is 2. The number of amides is 1. The van der Waals surface area contributed by atoms with Gasteiger partial charge in [0.25, 0.3) is 5.91 Å². The van der Waals surface area contributed by atoms with Crippen LogP contribution in [0.2, 0.25) is 0 Å². The van der Waals surface area contributed by atoms with Gasteiger partial charge in [0, 0.05) is 18.3 Å². The van der Waals surface area contributed by atoms with Gasteiger partial charge in [-0.05, 0) is 30.3 Å². The van der Waals surface area contributed by atoms with Crippen molar-refractivity contribution in [3.63, 3.8) is 0 Å². The number of hydrogen-bond acceptors (Lipinski definition) is 4. The molecule has 0 saturated heterocycles. The van der Waals surface area contributed by atoms with Crippen LogP contribution >= 0.6 is 0 Å². The number of aromatic nitrogens is 2. The average Bonchev–Trinajstić information content (AvgIpc) is 3.05. The minimum atomic E-state index is -4.51. The van der Waals surface area contributed by atoms with Crippen LogP contribution in [0.1, 0.15) is 22.5 Å². The van der Waals surface area contributed by atoms with Crippen LogP contribution in [0.3, 0.4) is 0 Å². The Labute approximate surface area is 135 Å². The summed E-state index contributed by atoms with van der Waals surface area (Å²) in [7, 11) is 1.25. The molecule has 0 atom stereocenters. The minimum absolute atomic E-state index is 0.0494. The lowest BCUT2D eigenvalue weighted by atomic mass is 10.2. The number of esters is 1. The SMILES string of the molecule is COC(=O)CCNC(=O)c1ccc(-n2ccc(C(F)(F)F)n2)cc1. The van der Waals surface area contributed by atoms with Crippen LogP contribution < -0.4 is 5.32 Å². The summed E-state index contributed by atoms with van der Waals surface area (Å²) in [5.41, 5.74) is -0.296. The number of rotatable bonds is 5. The Balaban J connectivity index is 2.01. The number of halogens is 3. The highest BCUT2D eigenvalue weighted by Gasteiger charge is 2.33. The summed E-state index contributed by atoms with van der Waals surface area (Å²) >= 11 is 0. The van der Waals surface area contributed by atoms with Gasteiger partial charge in [-0.15, -0.1) is 0 Å². The number of nitrogens with one attached hydrogen (secondary N) is 1. The molecular formula is C15H14F3N3O3. The zero-order chi connectivity index (χ0) is 17.7. The molecule has 1 aromatic heterocycles. The Morgan fingerprint density at radius 3 is 2.42 bits per heavy atom. The Morgan fingerprint density at radius 1 is 1.21 bits per heavy atom. The molecule has 0 aliphatic carbocycles. The van der Waals surface area contributed by atoms with Crippen molar-refractivity contribution in [1.29, 1.82) is 0 Å². The predicted molar refractivity (Wildman–Crippen MR) is 77.5 cm³/mol. The highest BCUT2D eigenvalue weighted by atomic mass is 19.4. The van der Waals surface area contributed by atoms with Gasteiger partial charge >= 0.3 is 12.1 Å². The van der Waals surface area contributed by atoms with E-state index in [9.17, 15) is 22.8 Å². The molecule has 6 nitrogen and oxygen atoms in total. The molecule has 0 radical (unpaired) electrons. The van der Waals surface area contributed by atoms with E-state index < -0.39 is 23.7 Å². The standard InChI is InChI=1S/C15H14F3N3O3/c1-24-13(22)6-8-19-14(23)10-2-4-11(5-3-10)21-9-7-12(20-21)15(16,17)18/h2-5,7,9H,6,8H2,1H3,(H,19,23). The van der Waals surface area contributed by atoms with Gasteiger partial charge in [0.2, 0.25) is 0 Å². The molecule has 1 heterocycles. The third kappa shape index (κ3) is 4.34. The maximum Gasteiger partial charge on any atom is 0.435 e. The van der Waals surface area contributed by atoms with E-state index in [0.717, 1.165) is 10.7 Å². The van der Waals surface area contributed by atoms with Crippen molar-refractivity contribution in [2.24, 2.45) is 0 Å². The molecule has 24 heavy (non-hydrogen) atoms. The first-order valence-corrected chi connectivity index (χ1v) is 6.89. The molecule has 9 heteroatoms. The van der Waals surface area contributed by atoms with Gasteiger partial charge in [0.05, 0.1) is 19.2 Å². The highest BCUT2D eigenvalue weighted by molar-refractivity contribution is 5.94. The van der Waals surface area contributed by atoms with Crippen LogP contribution in [0.25, 0.3) is 5.69 Å². The number of alkyl halides is 3. The summed E-state index contributed by atoms with van der Waals surface area (Å²) in [6.45, 7) is 0.126. The summed E-state index contributed by atoms with van der Waals surface area (Å²) in [5, 5.41) is 5.98. The molecule has 0 aliphatic heterocycles. The summed E-state index contributed by atoms with van der Waals surface area (Å²) in [6.07, 6.45) is -3.27. The normalized spacial score (nSPS) is 11.2. The zero-order valence-corrected chi connectivity index (χ0v) is 12.6. The van der Waals surface area contributed by atoms with Crippen LogP contribution in [0, 0.1) is 0 Å². The molecule has 0 spiro atoms. The van der Waals surface area contributed by atoms with Crippen LogP contribution in [0.15, 0.2) is 36.5 Å². The summed E-state index contributed by atoms with van der Waals surface area (Å²) in [5.74, 6) is -0.841. The van der Waals surface area contributed by atoms with Gasteiger partial charge < -0.3 is 10.1 Å². The van der Waals surface area contributed by atoms with Gasteiger partial charge in [-0.3, -0.25) is 9.59 Å². The first-order chi connectivity index (χ1) is 11.3. The van der Waals surface area contributed by atoms with Gasteiger partial charge in [0.15, 0.2) is 5.69 Å². The molecule has 0 fully saturated rings. The van der Waals surface area contributed by atoms with Crippen LogP contribution in [-0.4, -0.2) is 35.3 Å². The van der Waals surface area contributed by atoms with Crippen LogP contribution in [0.5, 0.6) is 0 Å². The minimum Gasteiger partial charge on any atom is -0.469 e. The molecule has 128 valence electrons. The van der Waals surface area contributed by atoms with Crippen molar-refractivity contribution >= 4 is 11.9 Å². The number of benzene rings is 1.